The van der Waals surface area contributed by atoms with Gasteiger partial charge in [0.15, 0.2) is 0 Å². The highest BCUT2D eigenvalue weighted by atomic mass is 32.2. The number of rotatable bonds is 8. The van der Waals surface area contributed by atoms with Gasteiger partial charge in [-0.25, -0.2) is 13.2 Å². The molecule has 0 aromatic heterocycles. The molecule has 2 atom stereocenters. The van der Waals surface area contributed by atoms with E-state index in [0.717, 1.165) is 0 Å². The number of benzene rings is 2. The fourth-order valence-corrected chi connectivity index (χ4v) is 3.49. The zero-order valence-corrected chi connectivity index (χ0v) is 15.9. The van der Waals surface area contributed by atoms with E-state index in [4.69, 9.17) is 0 Å². The summed E-state index contributed by atoms with van der Waals surface area (Å²) in [4.78, 5) is 23.7. The van der Waals surface area contributed by atoms with Crippen LogP contribution < -0.4 is 10.0 Å². The molecule has 0 saturated carbocycles. The van der Waals surface area contributed by atoms with E-state index < -0.39 is 27.9 Å². The number of aliphatic carboxylic acids is 1. The minimum atomic E-state index is -3.72. The van der Waals surface area contributed by atoms with Crippen molar-refractivity contribution in [3.05, 3.63) is 60.2 Å². The number of carboxylic acids is 1. The van der Waals surface area contributed by atoms with Crippen molar-refractivity contribution < 1.29 is 23.1 Å². The minimum absolute atomic E-state index is 0.129. The molecule has 0 aliphatic heterocycles. The first kappa shape index (κ1) is 20.4. The molecule has 0 unspecified atom stereocenters. The Labute approximate surface area is 158 Å². The fraction of sp³-hybridized carbons (Fsp3) is 0.263. The molecule has 0 bridgehead atoms. The fourth-order valence-electron chi connectivity index (χ4n) is 2.41. The van der Waals surface area contributed by atoms with E-state index in [1.165, 1.54) is 36.4 Å². The Bertz CT molecular complexity index is 895. The number of nitrogens with one attached hydrogen (secondary N) is 2. The largest absolute Gasteiger partial charge is 0.480 e. The van der Waals surface area contributed by atoms with Crippen molar-refractivity contribution in [2.75, 3.05) is 4.72 Å². The highest BCUT2D eigenvalue weighted by Gasteiger charge is 2.25. The number of carboxylic acid groups (broad SMARTS) is 1. The van der Waals surface area contributed by atoms with Crippen molar-refractivity contribution >= 4 is 27.6 Å². The summed E-state index contributed by atoms with van der Waals surface area (Å²) >= 11 is 0. The molecule has 0 aliphatic rings. The molecule has 2 aromatic rings. The normalized spacial score (nSPS) is 13.4. The Morgan fingerprint density at radius 2 is 1.63 bits per heavy atom. The van der Waals surface area contributed by atoms with Gasteiger partial charge in [0, 0.05) is 11.3 Å². The van der Waals surface area contributed by atoms with Crippen molar-refractivity contribution in [1.29, 1.82) is 0 Å². The topological polar surface area (TPSA) is 113 Å². The molecule has 0 radical (unpaired) electrons. The van der Waals surface area contributed by atoms with Crippen LogP contribution in [0.5, 0.6) is 0 Å². The monoisotopic (exact) mass is 390 g/mol. The van der Waals surface area contributed by atoms with E-state index in [1.54, 1.807) is 25.1 Å². The number of carbonyl (C=O) groups is 2. The van der Waals surface area contributed by atoms with Crippen LogP contribution in [0.15, 0.2) is 59.5 Å². The van der Waals surface area contributed by atoms with Crippen LogP contribution in [0.1, 0.15) is 30.6 Å². The van der Waals surface area contributed by atoms with Crippen molar-refractivity contribution in [1.82, 2.24) is 5.32 Å². The Kier molecular flexibility index (Phi) is 6.57. The first-order chi connectivity index (χ1) is 12.7. The number of sulfonamides is 1. The van der Waals surface area contributed by atoms with Crippen LogP contribution in [0.2, 0.25) is 0 Å². The van der Waals surface area contributed by atoms with Crippen LogP contribution in [0.3, 0.4) is 0 Å². The van der Waals surface area contributed by atoms with Crippen molar-refractivity contribution in [3.63, 3.8) is 0 Å². The maximum atomic E-state index is 12.3. The van der Waals surface area contributed by atoms with Gasteiger partial charge in [-0.1, -0.05) is 38.5 Å². The summed E-state index contributed by atoms with van der Waals surface area (Å²) in [5.74, 6) is -1.84. The van der Waals surface area contributed by atoms with Gasteiger partial charge in [0.2, 0.25) is 0 Å². The number of hydrogen-bond acceptors (Lipinski definition) is 4. The molecule has 0 heterocycles. The van der Waals surface area contributed by atoms with Gasteiger partial charge in [-0.2, -0.15) is 0 Å². The average molecular weight is 390 g/mol. The maximum Gasteiger partial charge on any atom is 0.326 e. The number of carbonyl (C=O) groups excluding carboxylic acids is 1. The lowest BCUT2D eigenvalue weighted by Gasteiger charge is -2.20. The third-order valence-corrected chi connectivity index (χ3v) is 5.62. The van der Waals surface area contributed by atoms with Crippen LogP contribution in [0.25, 0.3) is 0 Å². The molecule has 0 aliphatic carbocycles. The van der Waals surface area contributed by atoms with Crippen LogP contribution in [0.4, 0.5) is 5.69 Å². The molecule has 0 saturated heterocycles. The first-order valence-electron chi connectivity index (χ1n) is 8.46. The van der Waals surface area contributed by atoms with Crippen molar-refractivity contribution in [2.24, 2.45) is 5.92 Å². The van der Waals surface area contributed by atoms with Crippen molar-refractivity contribution in [2.45, 2.75) is 31.2 Å². The second-order valence-electron chi connectivity index (χ2n) is 6.17. The molecule has 0 spiro atoms. The summed E-state index contributed by atoms with van der Waals surface area (Å²) in [6.07, 6.45) is 0.609. The zero-order valence-electron chi connectivity index (χ0n) is 15.0. The zero-order chi connectivity index (χ0) is 20.0. The van der Waals surface area contributed by atoms with E-state index in [0.29, 0.717) is 12.1 Å². The third-order valence-electron chi connectivity index (χ3n) is 4.22. The van der Waals surface area contributed by atoms with Gasteiger partial charge < -0.3 is 10.4 Å². The summed E-state index contributed by atoms with van der Waals surface area (Å²) in [6, 6.07) is 12.7. The molecular weight excluding hydrogens is 368 g/mol. The Balaban J connectivity index is 2.10. The predicted octanol–water partition coefficient (Wildman–Crippen LogP) is 2.72. The van der Waals surface area contributed by atoms with Gasteiger partial charge in [0.1, 0.15) is 6.04 Å². The molecule has 3 N–H and O–H groups in total. The second kappa shape index (κ2) is 8.68. The molecule has 144 valence electrons. The Morgan fingerprint density at radius 1 is 1.04 bits per heavy atom. The lowest BCUT2D eigenvalue weighted by atomic mass is 9.99. The van der Waals surface area contributed by atoms with Crippen LogP contribution in [0, 0.1) is 5.92 Å². The summed E-state index contributed by atoms with van der Waals surface area (Å²) < 4.78 is 27.0. The van der Waals surface area contributed by atoms with Crippen LogP contribution >= 0.6 is 0 Å². The highest BCUT2D eigenvalue weighted by molar-refractivity contribution is 7.92. The first-order valence-corrected chi connectivity index (χ1v) is 9.94. The minimum Gasteiger partial charge on any atom is -0.480 e. The summed E-state index contributed by atoms with van der Waals surface area (Å²) in [5.41, 5.74) is 0.541. The SMILES string of the molecule is CC[C@H](C)[C@H](NC(=O)c1ccc(NS(=O)(=O)c2ccccc2)cc1)C(=O)O. The Morgan fingerprint density at radius 3 is 2.15 bits per heavy atom. The lowest BCUT2D eigenvalue weighted by molar-refractivity contribution is -0.140. The van der Waals surface area contributed by atoms with Gasteiger partial charge in [-0.05, 0) is 42.3 Å². The van der Waals surface area contributed by atoms with Crippen LogP contribution in [-0.2, 0) is 14.8 Å². The molecule has 2 rings (SSSR count). The third kappa shape index (κ3) is 5.30. The summed E-state index contributed by atoms with van der Waals surface area (Å²) in [7, 11) is -3.72. The predicted molar refractivity (Wildman–Crippen MR) is 102 cm³/mol. The molecule has 2 aromatic carbocycles. The lowest BCUT2D eigenvalue weighted by Crippen LogP contribution is -2.45. The second-order valence-corrected chi connectivity index (χ2v) is 7.85. The number of amides is 1. The van der Waals surface area contributed by atoms with Gasteiger partial charge in [-0.15, -0.1) is 0 Å². The molecule has 27 heavy (non-hydrogen) atoms. The summed E-state index contributed by atoms with van der Waals surface area (Å²) in [5, 5.41) is 11.8. The molecule has 7 nitrogen and oxygen atoms in total. The number of hydrogen-bond donors (Lipinski definition) is 3. The highest BCUT2D eigenvalue weighted by Crippen LogP contribution is 2.17. The van der Waals surface area contributed by atoms with E-state index >= 15 is 0 Å². The maximum absolute atomic E-state index is 12.3. The standard InChI is InChI=1S/C19H22N2O5S/c1-3-13(2)17(19(23)24)20-18(22)14-9-11-15(12-10-14)21-27(25,26)16-7-5-4-6-8-16/h4-13,17,21H,3H2,1-2H3,(H,20,22)(H,23,24)/t13-,17-/m0/s1. The van der Waals surface area contributed by atoms with Crippen molar-refractivity contribution in [3.8, 4) is 0 Å². The quantitative estimate of drug-likeness (QED) is 0.641. The van der Waals surface area contributed by atoms with E-state index in [1.807, 2.05) is 6.92 Å². The van der Waals surface area contributed by atoms with Gasteiger partial charge in [0.25, 0.3) is 15.9 Å². The summed E-state index contributed by atoms with van der Waals surface area (Å²) in [6.45, 7) is 3.60. The average Bonchev–Trinajstić information content (AvgIpc) is 2.66. The van der Waals surface area contributed by atoms with E-state index in [9.17, 15) is 23.1 Å². The van der Waals surface area contributed by atoms with Gasteiger partial charge in [0.05, 0.1) is 4.90 Å². The molecular formula is C19H22N2O5S. The number of anilines is 1. The van der Waals surface area contributed by atoms with Gasteiger partial charge in [-0.3, -0.25) is 9.52 Å². The van der Waals surface area contributed by atoms with E-state index in [2.05, 4.69) is 10.0 Å². The van der Waals surface area contributed by atoms with Crippen LogP contribution in [-0.4, -0.2) is 31.4 Å². The van der Waals surface area contributed by atoms with E-state index in [-0.39, 0.29) is 16.4 Å². The molecule has 8 heteroatoms. The molecule has 1 amide bonds. The smallest absolute Gasteiger partial charge is 0.326 e. The molecule has 0 fully saturated rings. The van der Waals surface area contributed by atoms with Gasteiger partial charge >= 0.3 is 5.97 Å². The Hall–Kier alpha value is -2.87.